The molecule has 0 saturated heterocycles. The van der Waals surface area contributed by atoms with Crippen molar-refractivity contribution in [2.24, 2.45) is 0 Å². The van der Waals surface area contributed by atoms with E-state index in [1.807, 2.05) is 0 Å². The average Bonchev–Trinajstić information content (AvgIpc) is 2.16. The summed E-state index contributed by atoms with van der Waals surface area (Å²) in [6, 6.07) is 5.72. The first kappa shape index (κ1) is 12.9. The Morgan fingerprint density at radius 1 is 1.33 bits per heavy atom. The first-order valence-corrected chi connectivity index (χ1v) is 5.53. The average molecular weight is 300 g/mol. The quantitative estimate of drug-likeness (QED) is 0.839. The third kappa shape index (κ3) is 2.49. The molecular weight excluding hydrogens is 289 g/mol. The third-order valence-corrected chi connectivity index (χ3v) is 3.21. The van der Waals surface area contributed by atoms with Gasteiger partial charge in [0.1, 0.15) is 0 Å². The van der Waals surface area contributed by atoms with Gasteiger partial charge >= 0.3 is 4.83 Å². The molecule has 0 aliphatic heterocycles. The number of alkyl halides is 3. The zero-order chi connectivity index (χ0) is 11.7. The van der Waals surface area contributed by atoms with E-state index in [0.29, 0.717) is 5.02 Å². The summed E-state index contributed by atoms with van der Waals surface area (Å²) in [6.07, 6.45) is -0.104. The van der Waals surface area contributed by atoms with Gasteiger partial charge in [-0.3, -0.25) is 0 Å². The van der Waals surface area contributed by atoms with Crippen LogP contribution in [0.3, 0.4) is 0 Å². The van der Waals surface area contributed by atoms with E-state index in [2.05, 4.69) is 15.9 Å². The van der Waals surface area contributed by atoms with Gasteiger partial charge in [0.05, 0.1) is 0 Å². The molecule has 0 aliphatic carbocycles. The van der Waals surface area contributed by atoms with E-state index >= 15 is 0 Å². The molecule has 5 heteroatoms. The number of halogens is 4. The van der Waals surface area contributed by atoms with Gasteiger partial charge in [-0.1, -0.05) is 30.7 Å². The first-order chi connectivity index (χ1) is 6.81. The Hall–Kier alpha value is -0.190. The molecule has 1 N–H and O–H groups in total. The molecule has 0 saturated carbocycles. The van der Waals surface area contributed by atoms with Crippen LogP contribution in [0.2, 0.25) is 5.02 Å². The lowest BCUT2D eigenvalue weighted by Crippen LogP contribution is -2.40. The zero-order valence-electron chi connectivity index (χ0n) is 7.98. The van der Waals surface area contributed by atoms with Gasteiger partial charge < -0.3 is 5.11 Å². The van der Waals surface area contributed by atoms with Crippen LogP contribution in [0, 0.1) is 0 Å². The molecule has 0 heterocycles. The van der Waals surface area contributed by atoms with Gasteiger partial charge in [0.25, 0.3) is 0 Å². The number of hydrogen-bond donors (Lipinski definition) is 1. The second-order valence-corrected chi connectivity index (χ2v) is 4.65. The summed E-state index contributed by atoms with van der Waals surface area (Å²) in [4.78, 5) is -3.37. The highest BCUT2D eigenvalue weighted by Gasteiger charge is 2.50. The van der Waals surface area contributed by atoms with E-state index in [1.165, 1.54) is 31.2 Å². The molecule has 0 amide bonds. The van der Waals surface area contributed by atoms with Crippen LogP contribution in [0.5, 0.6) is 0 Å². The van der Waals surface area contributed by atoms with Crippen LogP contribution in [-0.2, 0) is 5.60 Å². The van der Waals surface area contributed by atoms with E-state index in [1.54, 1.807) is 0 Å². The van der Waals surface area contributed by atoms with Crippen LogP contribution in [0.1, 0.15) is 18.9 Å². The molecule has 1 nitrogen and oxygen atoms in total. The van der Waals surface area contributed by atoms with Gasteiger partial charge in [0.2, 0.25) is 0 Å². The van der Waals surface area contributed by atoms with E-state index in [-0.39, 0.29) is 12.0 Å². The first-order valence-electron chi connectivity index (χ1n) is 4.36. The molecule has 0 aromatic heterocycles. The minimum Gasteiger partial charge on any atom is -0.378 e. The van der Waals surface area contributed by atoms with Crippen LogP contribution in [0.15, 0.2) is 24.3 Å². The van der Waals surface area contributed by atoms with Crippen LogP contribution in [-0.4, -0.2) is 9.94 Å². The summed E-state index contributed by atoms with van der Waals surface area (Å²) < 4.78 is 26.4. The third-order valence-electron chi connectivity index (χ3n) is 2.30. The number of rotatable bonds is 3. The summed E-state index contributed by atoms with van der Waals surface area (Å²) in [6.45, 7) is 1.49. The fourth-order valence-electron chi connectivity index (χ4n) is 1.29. The Bertz CT molecular complexity index is 336. The van der Waals surface area contributed by atoms with Gasteiger partial charge in [-0.15, -0.1) is 0 Å². The summed E-state index contributed by atoms with van der Waals surface area (Å²) in [5.74, 6) is 0. The second-order valence-electron chi connectivity index (χ2n) is 3.22. The Kier molecular flexibility index (Phi) is 3.74. The van der Waals surface area contributed by atoms with Crippen molar-refractivity contribution in [1.29, 1.82) is 0 Å². The smallest absolute Gasteiger partial charge is 0.333 e. The molecule has 0 aliphatic rings. The SMILES string of the molecule is CCC(O)(c1ccc(Cl)cc1)C(F)(F)Br. The molecule has 1 aromatic rings. The molecule has 0 radical (unpaired) electrons. The maximum Gasteiger partial charge on any atom is 0.333 e. The van der Waals surface area contributed by atoms with E-state index in [4.69, 9.17) is 11.6 Å². The predicted octanol–water partition coefficient (Wildman–Crippen LogP) is 3.93. The van der Waals surface area contributed by atoms with Crippen LogP contribution in [0.4, 0.5) is 8.78 Å². The minimum absolute atomic E-state index is 0.104. The van der Waals surface area contributed by atoms with Crippen LogP contribution >= 0.6 is 27.5 Å². The standard InChI is InChI=1S/C10H10BrClF2O/c1-2-9(15,10(11,13)14)7-3-5-8(12)6-4-7/h3-6,15H,2H2,1H3. The number of benzene rings is 1. The van der Waals surface area contributed by atoms with E-state index in [9.17, 15) is 13.9 Å². The van der Waals surface area contributed by atoms with E-state index in [0.717, 1.165) is 0 Å². The lowest BCUT2D eigenvalue weighted by Gasteiger charge is -2.31. The minimum atomic E-state index is -3.37. The Morgan fingerprint density at radius 2 is 1.80 bits per heavy atom. The molecule has 1 aromatic carbocycles. The van der Waals surface area contributed by atoms with Crippen molar-refractivity contribution in [3.8, 4) is 0 Å². The van der Waals surface area contributed by atoms with Gasteiger partial charge in [0, 0.05) is 5.02 Å². The van der Waals surface area contributed by atoms with E-state index < -0.39 is 10.4 Å². The molecule has 0 fully saturated rings. The van der Waals surface area contributed by atoms with Crippen LogP contribution < -0.4 is 0 Å². The van der Waals surface area contributed by atoms with Gasteiger partial charge in [-0.25, -0.2) is 0 Å². The summed E-state index contributed by atoms with van der Waals surface area (Å²) in [7, 11) is 0. The Labute approximate surface area is 100 Å². The topological polar surface area (TPSA) is 20.2 Å². The lowest BCUT2D eigenvalue weighted by molar-refractivity contribution is -0.124. The zero-order valence-corrected chi connectivity index (χ0v) is 10.3. The fraction of sp³-hybridized carbons (Fsp3) is 0.400. The second kappa shape index (κ2) is 4.36. The molecular formula is C10H10BrClF2O. The molecule has 84 valence electrons. The van der Waals surface area contributed by atoms with Crippen molar-refractivity contribution in [2.75, 3.05) is 0 Å². The molecule has 0 spiro atoms. The van der Waals surface area contributed by atoms with Gasteiger partial charge in [0.15, 0.2) is 5.60 Å². The summed E-state index contributed by atoms with van der Waals surface area (Å²) in [5, 5.41) is 10.3. The van der Waals surface area contributed by atoms with Crippen molar-refractivity contribution >= 4 is 27.5 Å². The lowest BCUT2D eigenvalue weighted by atomic mass is 9.91. The van der Waals surface area contributed by atoms with Crippen molar-refractivity contribution in [1.82, 2.24) is 0 Å². The molecule has 1 atom stereocenters. The molecule has 0 bridgehead atoms. The largest absolute Gasteiger partial charge is 0.378 e. The summed E-state index contributed by atoms with van der Waals surface area (Å²) >= 11 is 7.84. The van der Waals surface area contributed by atoms with Crippen molar-refractivity contribution in [3.63, 3.8) is 0 Å². The normalized spacial score (nSPS) is 16.1. The number of hydrogen-bond acceptors (Lipinski definition) is 1. The maximum absolute atomic E-state index is 13.2. The Balaban J connectivity index is 3.18. The maximum atomic E-state index is 13.2. The highest BCUT2D eigenvalue weighted by atomic mass is 79.9. The number of aliphatic hydroxyl groups is 1. The monoisotopic (exact) mass is 298 g/mol. The van der Waals surface area contributed by atoms with Gasteiger partial charge in [-0.05, 0) is 40.0 Å². The van der Waals surface area contributed by atoms with Gasteiger partial charge in [-0.2, -0.15) is 8.78 Å². The highest BCUT2D eigenvalue weighted by Crippen LogP contribution is 2.44. The fourth-order valence-corrected chi connectivity index (χ4v) is 1.93. The molecule has 1 rings (SSSR count). The molecule has 15 heavy (non-hydrogen) atoms. The van der Waals surface area contributed by atoms with Crippen LogP contribution in [0.25, 0.3) is 0 Å². The van der Waals surface area contributed by atoms with Crippen molar-refractivity contribution < 1.29 is 13.9 Å². The van der Waals surface area contributed by atoms with Crippen molar-refractivity contribution in [3.05, 3.63) is 34.9 Å². The summed E-state index contributed by atoms with van der Waals surface area (Å²) in [5.41, 5.74) is -2.08. The highest BCUT2D eigenvalue weighted by molar-refractivity contribution is 9.10. The van der Waals surface area contributed by atoms with Crippen molar-refractivity contribution in [2.45, 2.75) is 23.8 Å². The Morgan fingerprint density at radius 3 is 2.13 bits per heavy atom. The predicted molar refractivity (Wildman–Crippen MR) is 59.5 cm³/mol. The molecule has 1 unspecified atom stereocenters.